The number of halogens is 2. The maximum Gasteiger partial charge on any atom is 0.328 e. The van der Waals surface area contributed by atoms with Crippen LogP contribution in [0.2, 0.25) is 5.02 Å². The van der Waals surface area contributed by atoms with E-state index < -0.39 is 11.9 Å². The highest BCUT2D eigenvalue weighted by Gasteiger charge is 2.05. The molecule has 8 heteroatoms. The fraction of sp³-hybridized carbons (Fsp3) is 0.143. The van der Waals surface area contributed by atoms with Crippen LogP contribution >= 0.6 is 11.6 Å². The second kappa shape index (κ2) is 8.16. The summed E-state index contributed by atoms with van der Waals surface area (Å²) in [6, 6.07) is 4.91. The number of nitrogens with two attached hydrogens (primary N) is 1. The Hall–Kier alpha value is -2.38. The van der Waals surface area contributed by atoms with Gasteiger partial charge in [-0.3, -0.25) is 0 Å². The molecular weight excluding hydrogens is 315 g/mol. The second-order valence-corrected chi connectivity index (χ2v) is 4.54. The van der Waals surface area contributed by atoms with Gasteiger partial charge in [-0.05, 0) is 18.2 Å². The molecule has 0 saturated heterocycles. The number of nitrogens with zero attached hydrogens (tertiary/aromatic N) is 1. The number of benzene rings is 1. The first-order valence-electron chi connectivity index (χ1n) is 6.13. The number of carboxylic acids is 2. The standard InChI is InChI=1S/C10H10ClFN2.C4H4O4/c11-8-6-10-7(5-9(8)12)1-3-14(10)4-2-13;5-3(6)1-2-4(7)8/h1,3,5-6H,2,4,13H2;1-2H,(H,5,6)(H,7,8). The number of hydrogen-bond acceptors (Lipinski definition) is 3. The topological polar surface area (TPSA) is 106 Å². The van der Waals surface area contributed by atoms with Gasteiger partial charge >= 0.3 is 11.9 Å². The van der Waals surface area contributed by atoms with Crippen molar-refractivity contribution in [1.82, 2.24) is 4.57 Å². The third kappa shape index (κ3) is 5.19. The van der Waals surface area contributed by atoms with E-state index in [2.05, 4.69) is 0 Å². The average Bonchev–Trinajstić information content (AvgIpc) is 2.81. The summed E-state index contributed by atoms with van der Waals surface area (Å²) in [6.45, 7) is 1.27. The van der Waals surface area contributed by atoms with E-state index >= 15 is 0 Å². The predicted octanol–water partition coefficient (Wildman–Crippen LogP) is 2.10. The Labute approximate surface area is 130 Å². The van der Waals surface area contributed by atoms with E-state index in [0.29, 0.717) is 25.2 Å². The molecule has 0 atom stereocenters. The average molecular weight is 329 g/mol. The smallest absolute Gasteiger partial charge is 0.328 e. The normalized spacial score (nSPS) is 10.5. The molecule has 1 aromatic heterocycles. The van der Waals surface area contributed by atoms with E-state index in [4.69, 9.17) is 27.5 Å². The van der Waals surface area contributed by atoms with Gasteiger partial charge in [0.25, 0.3) is 0 Å². The molecule has 0 aliphatic carbocycles. The van der Waals surface area contributed by atoms with Crippen molar-refractivity contribution in [2.75, 3.05) is 6.54 Å². The molecular formula is C14H14ClFN2O4. The second-order valence-electron chi connectivity index (χ2n) is 4.13. The Morgan fingerprint density at radius 2 is 1.86 bits per heavy atom. The minimum atomic E-state index is -1.26. The summed E-state index contributed by atoms with van der Waals surface area (Å²) in [5.74, 6) is -2.90. The van der Waals surface area contributed by atoms with Gasteiger partial charge in [0.2, 0.25) is 0 Å². The number of hydrogen-bond donors (Lipinski definition) is 3. The zero-order chi connectivity index (χ0) is 16.7. The SMILES string of the molecule is NCCn1ccc2cc(F)c(Cl)cc21.O=C(O)C=CC(=O)O. The fourth-order valence-corrected chi connectivity index (χ4v) is 1.82. The number of carboxylic acid groups (broad SMARTS) is 2. The molecule has 22 heavy (non-hydrogen) atoms. The van der Waals surface area contributed by atoms with E-state index in [1.807, 2.05) is 16.8 Å². The minimum Gasteiger partial charge on any atom is -0.478 e. The van der Waals surface area contributed by atoms with Crippen LogP contribution in [-0.2, 0) is 16.1 Å². The van der Waals surface area contributed by atoms with Crippen LogP contribution in [0.15, 0.2) is 36.5 Å². The Morgan fingerprint density at radius 3 is 2.36 bits per heavy atom. The summed E-state index contributed by atoms with van der Waals surface area (Å²) in [6.07, 6.45) is 3.00. The molecule has 0 saturated carbocycles. The lowest BCUT2D eigenvalue weighted by atomic mass is 10.2. The molecule has 4 N–H and O–H groups in total. The predicted molar refractivity (Wildman–Crippen MR) is 80.4 cm³/mol. The lowest BCUT2D eigenvalue weighted by Gasteiger charge is -2.03. The first-order valence-corrected chi connectivity index (χ1v) is 6.51. The summed E-state index contributed by atoms with van der Waals surface area (Å²) < 4.78 is 15.0. The van der Waals surface area contributed by atoms with Gasteiger partial charge in [0.15, 0.2) is 0 Å². The minimum absolute atomic E-state index is 0.148. The monoisotopic (exact) mass is 328 g/mol. The highest BCUT2D eigenvalue weighted by Crippen LogP contribution is 2.23. The van der Waals surface area contributed by atoms with Crippen LogP contribution < -0.4 is 5.73 Å². The van der Waals surface area contributed by atoms with Gasteiger partial charge in [-0.1, -0.05) is 11.6 Å². The van der Waals surface area contributed by atoms with E-state index in [-0.39, 0.29) is 10.8 Å². The van der Waals surface area contributed by atoms with Gasteiger partial charge < -0.3 is 20.5 Å². The van der Waals surface area contributed by atoms with Crippen molar-refractivity contribution in [2.24, 2.45) is 5.73 Å². The van der Waals surface area contributed by atoms with Crippen LogP contribution in [0.4, 0.5) is 4.39 Å². The maximum atomic E-state index is 13.1. The third-order valence-corrected chi connectivity index (χ3v) is 2.84. The lowest BCUT2D eigenvalue weighted by Crippen LogP contribution is -2.08. The summed E-state index contributed by atoms with van der Waals surface area (Å²) in [5, 5.41) is 16.6. The van der Waals surface area contributed by atoms with Crippen LogP contribution in [-0.4, -0.2) is 33.3 Å². The highest BCUT2D eigenvalue weighted by molar-refractivity contribution is 6.31. The molecule has 0 aliphatic heterocycles. The molecule has 0 fully saturated rings. The van der Waals surface area contributed by atoms with Crippen LogP contribution in [0.3, 0.4) is 0 Å². The van der Waals surface area contributed by atoms with Gasteiger partial charge in [0.05, 0.1) is 5.02 Å². The summed E-state index contributed by atoms with van der Waals surface area (Å²) >= 11 is 5.70. The van der Waals surface area contributed by atoms with E-state index in [1.165, 1.54) is 6.07 Å². The van der Waals surface area contributed by atoms with Crippen LogP contribution in [0.5, 0.6) is 0 Å². The number of carbonyl (C=O) groups is 2. The summed E-state index contributed by atoms with van der Waals surface area (Å²) in [5.41, 5.74) is 6.37. The fourth-order valence-electron chi connectivity index (χ4n) is 1.66. The zero-order valence-electron chi connectivity index (χ0n) is 11.4. The summed E-state index contributed by atoms with van der Waals surface area (Å²) in [7, 11) is 0. The third-order valence-electron chi connectivity index (χ3n) is 2.55. The van der Waals surface area contributed by atoms with E-state index in [1.54, 1.807) is 6.07 Å². The van der Waals surface area contributed by atoms with Crippen molar-refractivity contribution in [3.05, 3.63) is 47.4 Å². The number of aromatic nitrogens is 1. The van der Waals surface area contributed by atoms with Gasteiger partial charge in [0, 0.05) is 42.3 Å². The Bertz CT molecular complexity index is 696. The molecule has 1 heterocycles. The molecule has 1 aromatic carbocycles. The largest absolute Gasteiger partial charge is 0.478 e. The number of fused-ring (bicyclic) bond motifs is 1. The molecule has 2 aromatic rings. The van der Waals surface area contributed by atoms with Crippen molar-refractivity contribution in [3.8, 4) is 0 Å². The zero-order valence-corrected chi connectivity index (χ0v) is 12.1. The van der Waals surface area contributed by atoms with Crippen LogP contribution in [0.1, 0.15) is 0 Å². The Kier molecular flexibility index (Phi) is 6.55. The van der Waals surface area contributed by atoms with E-state index in [9.17, 15) is 14.0 Å². The molecule has 0 bridgehead atoms. The van der Waals surface area contributed by atoms with Crippen molar-refractivity contribution >= 4 is 34.4 Å². The van der Waals surface area contributed by atoms with Crippen molar-refractivity contribution in [1.29, 1.82) is 0 Å². The highest BCUT2D eigenvalue weighted by atomic mass is 35.5. The van der Waals surface area contributed by atoms with Crippen molar-refractivity contribution in [3.63, 3.8) is 0 Å². The van der Waals surface area contributed by atoms with Crippen LogP contribution in [0.25, 0.3) is 10.9 Å². The molecule has 0 amide bonds. The molecule has 118 valence electrons. The first kappa shape index (κ1) is 17.7. The number of rotatable bonds is 4. The Morgan fingerprint density at radius 1 is 1.27 bits per heavy atom. The molecule has 0 aliphatic rings. The summed E-state index contributed by atoms with van der Waals surface area (Å²) in [4.78, 5) is 19.1. The maximum absolute atomic E-state index is 13.1. The molecule has 6 nitrogen and oxygen atoms in total. The Balaban J connectivity index is 0.000000261. The van der Waals surface area contributed by atoms with Crippen molar-refractivity contribution < 1.29 is 24.2 Å². The molecule has 0 spiro atoms. The first-order chi connectivity index (χ1) is 10.3. The lowest BCUT2D eigenvalue weighted by molar-refractivity contribution is -0.134. The quantitative estimate of drug-likeness (QED) is 0.745. The van der Waals surface area contributed by atoms with Gasteiger partial charge in [0.1, 0.15) is 5.82 Å². The van der Waals surface area contributed by atoms with Crippen LogP contribution in [0, 0.1) is 5.82 Å². The van der Waals surface area contributed by atoms with Gasteiger partial charge in [-0.15, -0.1) is 0 Å². The van der Waals surface area contributed by atoms with Gasteiger partial charge in [-0.25, -0.2) is 14.0 Å². The number of aliphatic carboxylic acids is 2. The van der Waals surface area contributed by atoms with E-state index in [0.717, 1.165) is 10.9 Å². The molecule has 0 unspecified atom stereocenters. The van der Waals surface area contributed by atoms with Crippen molar-refractivity contribution in [2.45, 2.75) is 6.54 Å². The molecule has 0 radical (unpaired) electrons. The van der Waals surface area contributed by atoms with Gasteiger partial charge in [-0.2, -0.15) is 0 Å². The molecule has 2 rings (SSSR count).